The highest BCUT2D eigenvalue weighted by molar-refractivity contribution is 5.06. The van der Waals surface area contributed by atoms with Gasteiger partial charge in [-0.1, -0.05) is 13.3 Å². The largest absolute Gasteiger partial charge is 0.314 e. The van der Waals surface area contributed by atoms with Crippen molar-refractivity contribution >= 4 is 0 Å². The van der Waals surface area contributed by atoms with E-state index < -0.39 is 16.2 Å². The molecule has 6 nitrogen and oxygen atoms in total. The fraction of sp³-hybridized carbons (Fsp3) is 1.00. The first kappa shape index (κ1) is 14.2. The van der Waals surface area contributed by atoms with Crippen LogP contribution >= 0.6 is 0 Å². The molecule has 2 atom stereocenters. The van der Waals surface area contributed by atoms with Crippen LogP contribution in [0.4, 0.5) is 0 Å². The topological polar surface area (TPSA) is 75.8 Å². The molecule has 0 spiro atoms. The summed E-state index contributed by atoms with van der Waals surface area (Å²) in [5.74, 6) is 0.0837. The highest BCUT2D eigenvalue weighted by atomic mass is 16.9. The molecule has 1 rings (SSSR count). The molecular weight excluding hydrogens is 224 g/mol. The first-order chi connectivity index (χ1) is 7.65. The van der Waals surface area contributed by atoms with Crippen molar-refractivity contribution in [3.63, 3.8) is 0 Å². The minimum Gasteiger partial charge on any atom is -0.314 e. The summed E-state index contributed by atoms with van der Waals surface area (Å²) in [5, 5.41) is 21.1. The summed E-state index contributed by atoms with van der Waals surface area (Å²) in [5.41, 5.74) is -0.928. The van der Waals surface area contributed by atoms with E-state index in [1.807, 2.05) is 34.6 Å². The minimum absolute atomic E-state index is 0.0268. The Balaban J connectivity index is 2.96. The Kier molecular flexibility index (Phi) is 3.69. The van der Waals surface area contributed by atoms with Gasteiger partial charge in [0.25, 0.3) is 5.09 Å². The van der Waals surface area contributed by atoms with Gasteiger partial charge in [-0.2, -0.15) is 5.06 Å². The van der Waals surface area contributed by atoms with Crippen LogP contribution in [0.2, 0.25) is 0 Å². The van der Waals surface area contributed by atoms with E-state index in [-0.39, 0.29) is 18.4 Å². The lowest BCUT2D eigenvalue weighted by atomic mass is 9.76. The number of hydroxylamine groups is 2. The van der Waals surface area contributed by atoms with Crippen LogP contribution in [-0.4, -0.2) is 33.0 Å². The van der Waals surface area contributed by atoms with Crippen LogP contribution < -0.4 is 0 Å². The summed E-state index contributed by atoms with van der Waals surface area (Å²) >= 11 is 0. The second-order valence-electron chi connectivity index (χ2n) is 5.76. The van der Waals surface area contributed by atoms with E-state index in [1.165, 1.54) is 5.06 Å². The standard InChI is InChI=1S/C11H22N2O4/c1-6-8-9(7-17-13(15)16)11(4,5)12(14)10(8,2)3/h8-9,14H,6-7H2,1-5H3. The first-order valence-electron chi connectivity index (χ1n) is 5.92. The molecule has 6 heteroatoms. The minimum atomic E-state index is -0.768. The van der Waals surface area contributed by atoms with Crippen LogP contribution in [0.3, 0.4) is 0 Å². The van der Waals surface area contributed by atoms with E-state index in [4.69, 9.17) is 0 Å². The zero-order valence-corrected chi connectivity index (χ0v) is 11.1. The Hall–Kier alpha value is -0.880. The van der Waals surface area contributed by atoms with Gasteiger partial charge in [0.2, 0.25) is 0 Å². The molecule has 1 N–H and O–H groups in total. The van der Waals surface area contributed by atoms with Gasteiger partial charge < -0.3 is 10.0 Å². The van der Waals surface area contributed by atoms with Gasteiger partial charge in [-0.05, 0) is 33.6 Å². The van der Waals surface area contributed by atoms with Crippen LogP contribution in [0.15, 0.2) is 0 Å². The zero-order valence-electron chi connectivity index (χ0n) is 11.1. The van der Waals surface area contributed by atoms with Crippen LogP contribution in [0.1, 0.15) is 41.0 Å². The number of rotatable bonds is 4. The molecule has 17 heavy (non-hydrogen) atoms. The fourth-order valence-corrected chi connectivity index (χ4v) is 3.29. The molecule has 1 fully saturated rings. The van der Waals surface area contributed by atoms with Crippen LogP contribution in [0, 0.1) is 22.0 Å². The summed E-state index contributed by atoms with van der Waals surface area (Å²) in [7, 11) is 0. The van der Waals surface area contributed by atoms with Crippen molar-refractivity contribution in [3.05, 3.63) is 10.1 Å². The van der Waals surface area contributed by atoms with Gasteiger partial charge in [-0.3, -0.25) is 0 Å². The normalized spacial score (nSPS) is 31.4. The smallest absolute Gasteiger partial charge is 0.294 e. The summed E-state index contributed by atoms with van der Waals surface area (Å²) in [6.45, 7) is 9.74. The number of nitrogens with zero attached hydrogens (tertiary/aromatic N) is 2. The zero-order chi connectivity index (χ0) is 13.4. The molecule has 100 valence electrons. The van der Waals surface area contributed by atoms with Crippen molar-refractivity contribution in [2.24, 2.45) is 11.8 Å². The van der Waals surface area contributed by atoms with E-state index in [1.54, 1.807) is 0 Å². The third-order valence-electron chi connectivity index (χ3n) is 4.19. The van der Waals surface area contributed by atoms with E-state index in [0.29, 0.717) is 0 Å². The van der Waals surface area contributed by atoms with Crippen LogP contribution in [-0.2, 0) is 4.84 Å². The number of hydrogen-bond acceptors (Lipinski definition) is 5. The average Bonchev–Trinajstić information content (AvgIpc) is 2.33. The molecule has 0 aromatic carbocycles. The molecule has 1 heterocycles. The molecule has 0 aromatic heterocycles. The van der Waals surface area contributed by atoms with Crippen molar-refractivity contribution < 1.29 is 15.1 Å². The molecule has 1 aliphatic rings. The third-order valence-corrected chi connectivity index (χ3v) is 4.19. The van der Waals surface area contributed by atoms with Crippen LogP contribution in [0.25, 0.3) is 0 Å². The van der Waals surface area contributed by atoms with Gasteiger partial charge in [0.05, 0.1) is 0 Å². The molecule has 0 bridgehead atoms. The van der Waals surface area contributed by atoms with E-state index >= 15 is 0 Å². The Morgan fingerprint density at radius 3 is 2.18 bits per heavy atom. The lowest BCUT2D eigenvalue weighted by molar-refractivity contribution is -0.759. The van der Waals surface area contributed by atoms with Gasteiger partial charge in [-0.25, -0.2) is 0 Å². The maximum Gasteiger partial charge on any atom is 0.294 e. The molecule has 0 saturated carbocycles. The monoisotopic (exact) mass is 246 g/mol. The molecule has 0 radical (unpaired) electrons. The van der Waals surface area contributed by atoms with Gasteiger partial charge in [-0.15, -0.1) is 10.1 Å². The first-order valence-corrected chi connectivity index (χ1v) is 5.92. The lowest BCUT2D eigenvalue weighted by Crippen LogP contribution is -2.48. The quantitative estimate of drug-likeness (QED) is 0.607. The van der Waals surface area contributed by atoms with E-state index in [9.17, 15) is 15.3 Å². The third kappa shape index (κ3) is 2.24. The average molecular weight is 246 g/mol. The van der Waals surface area contributed by atoms with Crippen molar-refractivity contribution in [2.75, 3.05) is 6.61 Å². The Bertz CT molecular complexity index is 304. The summed E-state index contributed by atoms with van der Waals surface area (Å²) < 4.78 is 0. The van der Waals surface area contributed by atoms with Gasteiger partial charge in [0, 0.05) is 17.0 Å². The van der Waals surface area contributed by atoms with Crippen molar-refractivity contribution in [1.29, 1.82) is 0 Å². The van der Waals surface area contributed by atoms with Gasteiger partial charge in [0.15, 0.2) is 0 Å². The Morgan fingerprint density at radius 2 is 1.76 bits per heavy atom. The summed E-state index contributed by atoms with van der Waals surface area (Å²) in [6.07, 6.45) is 0.846. The Morgan fingerprint density at radius 1 is 1.29 bits per heavy atom. The second kappa shape index (κ2) is 4.42. The van der Waals surface area contributed by atoms with Gasteiger partial charge >= 0.3 is 0 Å². The predicted molar refractivity (Wildman–Crippen MR) is 62.0 cm³/mol. The maximum absolute atomic E-state index is 10.3. The fourth-order valence-electron chi connectivity index (χ4n) is 3.29. The molecular formula is C11H22N2O4. The molecule has 0 amide bonds. The SMILES string of the molecule is CCC1C(CO[N+](=O)[O-])C(C)(C)N(O)C1(C)C. The molecule has 1 aliphatic heterocycles. The second-order valence-corrected chi connectivity index (χ2v) is 5.76. The van der Waals surface area contributed by atoms with E-state index in [0.717, 1.165) is 6.42 Å². The molecule has 2 unspecified atom stereocenters. The summed E-state index contributed by atoms with van der Waals surface area (Å²) in [4.78, 5) is 14.8. The summed E-state index contributed by atoms with van der Waals surface area (Å²) in [6, 6.07) is 0. The maximum atomic E-state index is 10.3. The van der Waals surface area contributed by atoms with Crippen molar-refractivity contribution in [1.82, 2.24) is 5.06 Å². The Labute approximate surface area is 102 Å². The number of hydrogen-bond donors (Lipinski definition) is 1. The van der Waals surface area contributed by atoms with Gasteiger partial charge in [0.1, 0.15) is 6.61 Å². The molecule has 0 aromatic rings. The molecule has 0 aliphatic carbocycles. The van der Waals surface area contributed by atoms with Crippen molar-refractivity contribution in [2.45, 2.75) is 52.1 Å². The highest BCUT2D eigenvalue weighted by Gasteiger charge is 2.57. The highest BCUT2D eigenvalue weighted by Crippen LogP contribution is 2.49. The lowest BCUT2D eigenvalue weighted by Gasteiger charge is -2.36. The predicted octanol–water partition coefficient (Wildman–Crippen LogP) is 2.10. The van der Waals surface area contributed by atoms with Crippen molar-refractivity contribution in [3.8, 4) is 0 Å². The molecule has 1 saturated heterocycles. The van der Waals surface area contributed by atoms with E-state index in [2.05, 4.69) is 4.84 Å². The van der Waals surface area contributed by atoms with Crippen LogP contribution in [0.5, 0.6) is 0 Å².